The molecule has 2 N–H and O–H groups in total. The minimum atomic E-state index is -0.192. The van der Waals surface area contributed by atoms with Gasteiger partial charge in [0.15, 0.2) is 0 Å². The van der Waals surface area contributed by atoms with Crippen LogP contribution in [0.3, 0.4) is 0 Å². The first-order valence-electron chi connectivity index (χ1n) is 6.86. The zero-order valence-electron chi connectivity index (χ0n) is 10.9. The number of benzene rings is 1. The molecule has 1 saturated carbocycles. The number of nitrogens with one attached hydrogen (secondary N) is 1. The van der Waals surface area contributed by atoms with Crippen molar-refractivity contribution >= 4 is 15.9 Å². The van der Waals surface area contributed by atoms with Gasteiger partial charge in [-0.3, -0.25) is 0 Å². The van der Waals surface area contributed by atoms with Crippen LogP contribution in [0.2, 0.25) is 0 Å². The van der Waals surface area contributed by atoms with Gasteiger partial charge in [0.05, 0.1) is 6.10 Å². The number of rotatable bonds is 3. The molecule has 1 aliphatic carbocycles. The summed E-state index contributed by atoms with van der Waals surface area (Å²) in [6, 6.07) is 8.88. The van der Waals surface area contributed by atoms with Gasteiger partial charge in [0.1, 0.15) is 0 Å². The highest BCUT2D eigenvalue weighted by molar-refractivity contribution is 9.10. The molecular weight excluding hydrogens is 290 g/mol. The van der Waals surface area contributed by atoms with Crippen LogP contribution in [0, 0.1) is 0 Å². The Morgan fingerprint density at radius 2 is 2.06 bits per heavy atom. The van der Waals surface area contributed by atoms with E-state index < -0.39 is 0 Å². The van der Waals surface area contributed by atoms with Gasteiger partial charge in [-0.2, -0.15) is 0 Å². The van der Waals surface area contributed by atoms with Crippen molar-refractivity contribution in [2.24, 2.45) is 0 Å². The zero-order valence-corrected chi connectivity index (χ0v) is 12.5. The lowest BCUT2D eigenvalue weighted by Gasteiger charge is -2.26. The Balaban J connectivity index is 1.99. The molecule has 18 heavy (non-hydrogen) atoms. The van der Waals surface area contributed by atoms with E-state index in [-0.39, 0.29) is 18.2 Å². The monoisotopic (exact) mass is 311 g/mol. The summed E-state index contributed by atoms with van der Waals surface area (Å²) in [5, 5.41) is 13.7. The smallest absolute Gasteiger partial charge is 0.0693 e. The van der Waals surface area contributed by atoms with Crippen LogP contribution in [0.5, 0.6) is 0 Å². The molecule has 1 fully saturated rings. The number of aliphatic hydroxyl groups is 1. The van der Waals surface area contributed by atoms with Gasteiger partial charge in [-0.25, -0.2) is 0 Å². The fourth-order valence-electron chi connectivity index (χ4n) is 2.68. The van der Waals surface area contributed by atoms with Crippen molar-refractivity contribution in [3.63, 3.8) is 0 Å². The van der Waals surface area contributed by atoms with Gasteiger partial charge in [0.2, 0.25) is 0 Å². The largest absolute Gasteiger partial charge is 0.392 e. The molecule has 1 aliphatic rings. The predicted octanol–water partition coefficient (Wildman–Crippen LogP) is 3.79. The zero-order chi connectivity index (χ0) is 13.0. The summed E-state index contributed by atoms with van der Waals surface area (Å²) < 4.78 is 1.11. The Bertz CT molecular complexity index is 383. The third-order valence-corrected chi connectivity index (χ3v) is 4.29. The molecule has 3 atom stereocenters. The van der Waals surface area contributed by atoms with Crippen LogP contribution in [-0.2, 0) is 0 Å². The molecule has 1 aromatic rings. The minimum Gasteiger partial charge on any atom is -0.392 e. The van der Waals surface area contributed by atoms with Crippen molar-refractivity contribution in [1.82, 2.24) is 5.32 Å². The quantitative estimate of drug-likeness (QED) is 0.832. The number of hydrogen-bond donors (Lipinski definition) is 2. The minimum absolute atomic E-state index is 0.192. The Hall–Kier alpha value is -0.380. The van der Waals surface area contributed by atoms with Crippen molar-refractivity contribution < 1.29 is 5.11 Å². The topological polar surface area (TPSA) is 32.3 Å². The van der Waals surface area contributed by atoms with Crippen molar-refractivity contribution in [2.75, 3.05) is 0 Å². The van der Waals surface area contributed by atoms with E-state index in [0.717, 1.165) is 23.7 Å². The van der Waals surface area contributed by atoms with Gasteiger partial charge in [-0.05, 0) is 37.5 Å². The molecule has 0 bridgehead atoms. The lowest BCUT2D eigenvalue weighted by Crippen LogP contribution is -2.40. The molecule has 100 valence electrons. The van der Waals surface area contributed by atoms with Crippen LogP contribution in [0.4, 0.5) is 0 Å². The van der Waals surface area contributed by atoms with Gasteiger partial charge in [0, 0.05) is 16.6 Å². The molecule has 0 heterocycles. The fraction of sp³-hybridized carbons (Fsp3) is 0.600. The maximum atomic E-state index is 10.1. The maximum Gasteiger partial charge on any atom is 0.0693 e. The highest BCUT2D eigenvalue weighted by Crippen LogP contribution is 2.23. The molecular formula is C15H22BrNO. The van der Waals surface area contributed by atoms with Gasteiger partial charge in [0.25, 0.3) is 0 Å². The Morgan fingerprint density at radius 3 is 2.83 bits per heavy atom. The van der Waals surface area contributed by atoms with Gasteiger partial charge in [-0.15, -0.1) is 0 Å². The van der Waals surface area contributed by atoms with Crippen molar-refractivity contribution in [3.8, 4) is 0 Å². The Morgan fingerprint density at radius 1 is 1.28 bits per heavy atom. The second-order valence-corrected chi connectivity index (χ2v) is 6.17. The molecule has 1 aromatic carbocycles. The summed E-state index contributed by atoms with van der Waals surface area (Å²) in [6.45, 7) is 2.17. The Kier molecular flexibility index (Phi) is 5.22. The molecule has 0 amide bonds. The number of halogens is 1. The van der Waals surface area contributed by atoms with Crippen LogP contribution < -0.4 is 5.32 Å². The second-order valence-electron chi connectivity index (χ2n) is 5.26. The summed E-state index contributed by atoms with van der Waals surface area (Å²) in [5.74, 6) is 0. The van der Waals surface area contributed by atoms with E-state index in [1.807, 2.05) is 6.07 Å². The molecule has 2 nitrogen and oxygen atoms in total. The highest BCUT2D eigenvalue weighted by Gasteiger charge is 2.23. The molecule has 0 aromatic heterocycles. The molecule has 0 spiro atoms. The molecule has 3 heteroatoms. The lowest BCUT2D eigenvalue weighted by atomic mass is 10.0. The molecule has 0 aliphatic heterocycles. The van der Waals surface area contributed by atoms with Crippen LogP contribution in [-0.4, -0.2) is 17.3 Å². The summed E-state index contributed by atoms with van der Waals surface area (Å²) >= 11 is 3.50. The van der Waals surface area contributed by atoms with Crippen molar-refractivity contribution in [3.05, 3.63) is 34.3 Å². The first-order chi connectivity index (χ1) is 8.66. The van der Waals surface area contributed by atoms with E-state index in [4.69, 9.17) is 0 Å². The van der Waals surface area contributed by atoms with E-state index in [2.05, 4.69) is 46.4 Å². The lowest BCUT2D eigenvalue weighted by molar-refractivity contribution is 0.115. The number of hydrogen-bond acceptors (Lipinski definition) is 2. The first-order valence-corrected chi connectivity index (χ1v) is 7.65. The van der Waals surface area contributed by atoms with Crippen molar-refractivity contribution in [1.29, 1.82) is 0 Å². The van der Waals surface area contributed by atoms with Gasteiger partial charge < -0.3 is 10.4 Å². The summed E-state index contributed by atoms with van der Waals surface area (Å²) in [4.78, 5) is 0. The first kappa shape index (κ1) is 14.0. The fourth-order valence-corrected chi connectivity index (χ4v) is 3.09. The van der Waals surface area contributed by atoms with Gasteiger partial charge in [-0.1, -0.05) is 47.3 Å². The average Bonchev–Trinajstić information content (AvgIpc) is 2.55. The SMILES string of the molecule is C[C@H](NC1CCCCCC1O)c1cccc(Br)c1. The summed E-state index contributed by atoms with van der Waals surface area (Å²) in [5.41, 5.74) is 1.26. The third-order valence-electron chi connectivity index (χ3n) is 3.79. The van der Waals surface area contributed by atoms with Crippen LogP contribution in [0.15, 0.2) is 28.7 Å². The van der Waals surface area contributed by atoms with Gasteiger partial charge >= 0.3 is 0 Å². The molecule has 2 unspecified atom stereocenters. The average molecular weight is 312 g/mol. The summed E-state index contributed by atoms with van der Waals surface area (Å²) in [7, 11) is 0. The van der Waals surface area contributed by atoms with E-state index >= 15 is 0 Å². The highest BCUT2D eigenvalue weighted by atomic mass is 79.9. The van der Waals surface area contributed by atoms with E-state index in [9.17, 15) is 5.11 Å². The van der Waals surface area contributed by atoms with Crippen LogP contribution in [0.1, 0.15) is 50.6 Å². The van der Waals surface area contributed by atoms with Crippen LogP contribution >= 0.6 is 15.9 Å². The second kappa shape index (κ2) is 6.69. The maximum absolute atomic E-state index is 10.1. The standard InChI is InChI=1S/C15H22BrNO/c1-11(12-6-5-7-13(16)10-12)17-14-8-3-2-4-9-15(14)18/h5-7,10-11,14-15,17-18H,2-4,8-9H2,1H3/t11-,14?,15?/m0/s1. The van der Waals surface area contributed by atoms with E-state index in [1.165, 1.54) is 18.4 Å². The van der Waals surface area contributed by atoms with E-state index in [0.29, 0.717) is 0 Å². The molecule has 0 radical (unpaired) electrons. The van der Waals surface area contributed by atoms with E-state index in [1.54, 1.807) is 0 Å². The van der Waals surface area contributed by atoms with Crippen LogP contribution in [0.25, 0.3) is 0 Å². The summed E-state index contributed by atoms with van der Waals surface area (Å²) in [6.07, 6.45) is 5.45. The molecule has 0 saturated heterocycles. The number of aliphatic hydroxyl groups excluding tert-OH is 1. The molecule has 2 rings (SSSR count). The van der Waals surface area contributed by atoms with Crippen molar-refractivity contribution in [2.45, 2.75) is 57.2 Å². The Labute approximate surface area is 118 Å². The third kappa shape index (κ3) is 3.81. The normalized spacial score (nSPS) is 26.6. The predicted molar refractivity (Wildman–Crippen MR) is 78.6 cm³/mol.